The number of hydrogen-bond donors (Lipinski definition) is 2. The Morgan fingerprint density at radius 2 is 1.90 bits per heavy atom. The number of aryl methyl sites for hydroxylation is 1. The largest absolute Gasteiger partial charge is 0.465 e. The highest BCUT2D eigenvalue weighted by Gasteiger charge is 2.17. The number of anilines is 3. The summed E-state index contributed by atoms with van der Waals surface area (Å²) in [4.78, 5) is 11.8. The van der Waals surface area contributed by atoms with Gasteiger partial charge in [0.05, 0.1) is 39.8 Å². The molecule has 0 radical (unpaired) electrons. The maximum Gasteiger partial charge on any atom is 0.340 e. The van der Waals surface area contributed by atoms with Gasteiger partial charge in [-0.05, 0) is 30.7 Å². The number of carbonyl (C=O) groups is 1. The predicted molar refractivity (Wildman–Crippen MR) is 86.7 cm³/mol. The molecule has 2 aromatic rings. The monoisotopic (exact) mass is 324 g/mol. The molecule has 0 aliphatic rings. The summed E-state index contributed by atoms with van der Waals surface area (Å²) < 4.78 is 4.75. The number of nitrogens with two attached hydrogens (primary N) is 1. The third kappa shape index (κ3) is 3.06. The van der Waals surface area contributed by atoms with Crippen LogP contribution in [0.2, 0.25) is 10.0 Å². The Kier molecular flexibility index (Phi) is 4.60. The Morgan fingerprint density at radius 1 is 1.19 bits per heavy atom. The van der Waals surface area contributed by atoms with Gasteiger partial charge in [-0.25, -0.2) is 4.79 Å². The van der Waals surface area contributed by atoms with Crippen LogP contribution < -0.4 is 11.1 Å². The lowest BCUT2D eigenvalue weighted by Gasteiger charge is -2.16. The fourth-order valence-electron chi connectivity index (χ4n) is 1.89. The van der Waals surface area contributed by atoms with Crippen molar-refractivity contribution in [2.75, 3.05) is 18.2 Å². The molecule has 0 amide bonds. The second kappa shape index (κ2) is 6.24. The van der Waals surface area contributed by atoms with Crippen LogP contribution in [0.25, 0.3) is 0 Å². The summed E-state index contributed by atoms with van der Waals surface area (Å²) in [6, 6.07) is 8.49. The normalized spacial score (nSPS) is 10.3. The third-order valence-corrected chi connectivity index (χ3v) is 3.84. The highest BCUT2D eigenvalue weighted by molar-refractivity contribution is 6.39. The molecule has 6 heteroatoms. The standard InChI is InChI=1S/C15H14Cl2N2O2/c1-8-6-7-10(16)14(12(8)17)19-13-9(15(20)21-2)4-3-5-11(13)18/h3-7,19H,18H2,1-2H3. The summed E-state index contributed by atoms with van der Waals surface area (Å²) in [5, 5.41) is 3.95. The van der Waals surface area contributed by atoms with Crippen LogP contribution in [0.3, 0.4) is 0 Å². The topological polar surface area (TPSA) is 64.3 Å². The maximum atomic E-state index is 11.8. The van der Waals surface area contributed by atoms with Crippen molar-refractivity contribution >= 4 is 46.2 Å². The molecule has 21 heavy (non-hydrogen) atoms. The lowest BCUT2D eigenvalue weighted by Crippen LogP contribution is -2.08. The first-order valence-corrected chi connectivity index (χ1v) is 6.89. The first-order valence-electron chi connectivity index (χ1n) is 6.14. The van der Waals surface area contributed by atoms with Crippen molar-refractivity contribution in [3.8, 4) is 0 Å². The van der Waals surface area contributed by atoms with Crippen LogP contribution in [0.15, 0.2) is 30.3 Å². The summed E-state index contributed by atoms with van der Waals surface area (Å²) >= 11 is 12.4. The van der Waals surface area contributed by atoms with Gasteiger partial charge in [0.2, 0.25) is 0 Å². The molecule has 0 unspecified atom stereocenters. The van der Waals surface area contributed by atoms with Crippen molar-refractivity contribution in [1.82, 2.24) is 0 Å². The molecule has 0 saturated heterocycles. The lowest BCUT2D eigenvalue weighted by molar-refractivity contribution is 0.0602. The van der Waals surface area contributed by atoms with Crippen LogP contribution in [0.4, 0.5) is 17.1 Å². The fourth-order valence-corrected chi connectivity index (χ4v) is 2.35. The van der Waals surface area contributed by atoms with Crippen LogP contribution in [0, 0.1) is 6.92 Å². The molecule has 0 heterocycles. The summed E-state index contributed by atoms with van der Waals surface area (Å²) in [5.41, 5.74) is 8.43. The SMILES string of the molecule is COC(=O)c1cccc(N)c1Nc1c(Cl)ccc(C)c1Cl. The first-order chi connectivity index (χ1) is 9.95. The molecular weight excluding hydrogens is 311 g/mol. The minimum atomic E-state index is -0.496. The highest BCUT2D eigenvalue weighted by Crippen LogP contribution is 2.37. The molecule has 0 fully saturated rings. The van der Waals surface area contributed by atoms with Gasteiger partial charge in [0.1, 0.15) is 0 Å². The van der Waals surface area contributed by atoms with Crippen LogP contribution in [0.1, 0.15) is 15.9 Å². The van der Waals surface area contributed by atoms with Crippen LogP contribution in [-0.2, 0) is 4.74 Å². The zero-order valence-electron chi connectivity index (χ0n) is 11.5. The third-order valence-electron chi connectivity index (χ3n) is 3.04. The van der Waals surface area contributed by atoms with Crippen LogP contribution in [0.5, 0.6) is 0 Å². The Bertz CT molecular complexity index is 702. The van der Waals surface area contributed by atoms with E-state index in [-0.39, 0.29) is 0 Å². The van der Waals surface area contributed by atoms with Gasteiger partial charge in [-0.2, -0.15) is 0 Å². The van der Waals surface area contributed by atoms with Crippen molar-refractivity contribution in [2.45, 2.75) is 6.92 Å². The van der Waals surface area contributed by atoms with Crippen molar-refractivity contribution in [3.63, 3.8) is 0 Å². The molecule has 110 valence electrons. The summed E-state index contributed by atoms with van der Waals surface area (Å²) in [5.74, 6) is -0.496. The number of rotatable bonds is 3. The predicted octanol–water partition coefficient (Wildman–Crippen LogP) is 4.41. The van der Waals surface area contributed by atoms with Gasteiger partial charge in [0, 0.05) is 0 Å². The van der Waals surface area contributed by atoms with E-state index in [9.17, 15) is 4.79 Å². The van der Waals surface area contributed by atoms with E-state index in [0.717, 1.165) is 5.56 Å². The Morgan fingerprint density at radius 3 is 2.57 bits per heavy atom. The number of hydrogen-bond acceptors (Lipinski definition) is 4. The Balaban J connectivity index is 2.55. The summed E-state index contributed by atoms with van der Waals surface area (Å²) in [7, 11) is 1.31. The van der Waals surface area contributed by atoms with Gasteiger partial charge >= 0.3 is 5.97 Å². The minimum Gasteiger partial charge on any atom is -0.465 e. The zero-order valence-corrected chi connectivity index (χ0v) is 13.0. The minimum absolute atomic E-state index is 0.311. The molecule has 2 aromatic carbocycles. The molecule has 2 rings (SSSR count). The quantitative estimate of drug-likeness (QED) is 0.648. The van der Waals surface area contributed by atoms with Crippen molar-refractivity contribution in [1.29, 1.82) is 0 Å². The lowest BCUT2D eigenvalue weighted by atomic mass is 10.1. The van der Waals surface area contributed by atoms with E-state index in [1.807, 2.05) is 13.0 Å². The number of methoxy groups -OCH3 is 1. The fraction of sp³-hybridized carbons (Fsp3) is 0.133. The number of nitrogen functional groups attached to an aromatic ring is 1. The van der Waals surface area contributed by atoms with E-state index in [4.69, 9.17) is 33.7 Å². The molecule has 0 spiro atoms. The van der Waals surface area contributed by atoms with Gasteiger partial charge in [0.25, 0.3) is 0 Å². The average molecular weight is 325 g/mol. The number of para-hydroxylation sites is 1. The second-order valence-corrected chi connectivity index (χ2v) is 5.22. The number of ether oxygens (including phenoxy) is 1. The summed E-state index contributed by atoms with van der Waals surface area (Å²) in [6.45, 7) is 1.86. The number of carbonyl (C=O) groups excluding carboxylic acids is 1. The van der Waals surface area contributed by atoms with Crippen molar-refractivity contribution in [2.24, 2.45) is 0 Å². The van der Waals surface area contributed by atoms with Gasteiger partial charge in [0.15, 0.2) is 0 Å². The van der Waals surface area contributed by atoms with Gasteiger partial charge in [-0.3, -0.25) is 0 Å². The van der Waals surface area contributed by atoms with Gasteiger partial charge in [-0.1, -0.05) is 35.3 Å². The van der Waals surface area contributed by atoms with E-state index < -0.39 is 5.97 Å². The molecule has 0 saturated carbocycles. The first kappa shape index (κ1) is 15.5. The van der Waals surface area contributed by atoms with E-state index in [1.165, 1.54) is 7.11 Å². The average Bonchev–Trinajstić information content (AvgIpc) is 2.48. The summed E-state index contributed by atoms with van der Waals surface area (Å²) in [6.07, 6.45) is 0. The van der Waals surface area contributed by atoms with E-state index >= 15 is 0 Å². The second-order valence-electron chi connectivity index (χ2n) is 4.44. The van der Waals surface area contributed by atoms with E-state index in [2.05, 4.69) is 5.32 Å². The number of esters is 1. The molecule has 0 aliphatic heterocycles. The van der Waals surface area contributed by atoms with E-state index in [1.54, 1.807) is 24.3 Å². The van der Waals surface area contributed by atoms with Gasteiger partial charge in [-0.15, -0.1) is 0 Å². The van der Waals surface area contributed by atoms with Crippen LogP contribution in [-0.4, -0.2) is 13.1 Å². The Hall–Kier alpha value is -1.91. The van der Waals surface area contributed by atoms with Gasteiger partial charge < -0.3 is 15.8 Å². The number of nitrogens with one attached hydrogen (secondary N) is 1. The smallest absolute Gasteiger partial charge is 0.340 e. The van der Waals surface area contributed by atoms with Crippen LogP contribution >= 0.6 is 23.2 Å². The maximum absolute atomic E-state index is 11.8. The molecule has 0 atom stereocenters. The van der Waals surface area contributed by atoms with Crippen molar-refractivity contribution < 1.29 is 9.53 Å². The van der Waals surface area contributed by atoms with Crippen molar-refractivity contribution in [3.05, 3.63) is 51.5 Å². The Labute approximate surface area is 132 Å². The van der Waals surface area contributed by atoms with E-state index in [0.29, 0.717) is 32.7 Å². The zero-order chi connectivity index (χ0) is 15.6. The molecule has 3 N–H and O–H groups in total. The highest BCUT2D eigenvalue weighted by atomic mass is 35.5. The molecule has 4 nitrogen and oxygen atoms in total. The number of benzene rings is 2. The molecule has 0 aliphatic carbocycles. The number of halogens is 2. The molecular formula is C15H14Cl2N2O2. The molecule has 0 bridgehead atoms. The molecule has 0 aromatic heterocycles.